The van der Waals surface area contributed by atoms with Gasteiger partial charge in [0.15, 0.2) is 0 Å². The first-order chi connectivity index (χ1) is 17.1. The summed E-state index contributed by atoms with van der Waals surface area (Å²) in [5.41, 5.74) is 1.13. The topological polar surface area (TPSA) is 128 Å². The number of benzene rings is 2. The van der Waals surface area contributed by atoms with Gasteiger partial charge in [0.05, 0.1) is 12.3 Å². The number of rotatable bonds is 9. The lowest BCUT2D eigenvalue weighted by Gasteiger charge is -2.27. The second kappa shape index (κ2) is 13.0. The molecule has 0 bridgehead atoms. The zero-order chi connectivity index (χ0) is 27.0. The number of halogens is 1. The van der Waals surface area contributed by atoms with Crippen LogP contribution in [-0.2, 0) is 9.59 Å². The number of hydrogen-bond acceptors (Lipinski definition) is 6. The molecule has 0 aromatic heterocycles. The summed E-state index contributed by atoms with van der Waals surface area (Å²) in [6.07, 6.45) is -1.02. The number of aryl methyl sites for hydroxylation is 1. The minimum Gasteiger partial charge on any atom is -0.491 e. The number of nitrogens with one attached hydrogen (secondary N) is 2. The Hall–Kier alpha value is -3.50. The molecule has 4 amide bonds. The molecule has 9 nitrogen and oxygen atoms in total. The third-order valence-electron chi connectivity index (χ3n) is 5.40. The summed E-state index contributed by atoms with van der Waals surface area (Å²) in [5, 5.41) is 23.3. The Morgan fingerprint density at radius 1 is 1.17 bits per heavy atom. The largest absolute Gasteiger partial charge is 0.491 e. The van der Waals surface area contributed by atoms with Gasteiger partial charge in [0.2, 0.25) is 5.91 Å². The van der Waals surface area contributed by atoms with Gasteiger partial charge in [-0.25, -0.2) is 14.1 Å². The number of carbonyl (C=O) groups excluding carboxylic acids is 3. The van der Waals surface area contributed by atoms with Crippen LogP contribution in [0.4, 0.5) is 14.9 Å². The van der Waals surface area contributed by atoms with Gasteiger partial charge in [-0.05, 0) is 48.2 Å². The second-order valence-corrected chi connectivity index (χ2v) is 8.47. The summed E-state index contributed by atoms with van der Waals surface area (Å²) in [5.74, 6) is -1.92. The summed E-state index contributed by atoms with van der Waals surface area (Å²) in [7, 11) is 0. The van der Waals surface area contributed by atoms with Gasteiger partial charge in [-0.15, -0.1) is 0 Å². The average molecular weight is 504 g/mol. The van der Waals surface area contributed by atoms with E-state index in [-0.39, 0.29) is 12.3 Å². The van der Waals surface area contributed by atoms with E-state index in [0.717, 1.165) is 4.90 Å². The number of amides is 4. The molecule has 3 atom stereocenters. The van der Waals surface area contributed by atoms with Gasteiger partial charge in [-0.2, -0.15) is 0 Å². The fourth-order valence-corrected chi connectivity index (χ4v) is 3.63. The van der Waals surface area contributed by atoms with E-state index in [1.54, 1.807) is 51.1 Å². The number of aliphatic hydroxyl groups excluding tert-OH is 2. The molecule has 0 aliphatic carbocycles. The monoisotopic (exact) mass is 503 g/mol. The first-order valence-corrected chi connectivity index (χ1v) is 11.8. The smallest absolute Gasteiger partial charge is 0.325 e. The zero-order valence-electron chi connectivity index (χ0n) is 21.1. The van der Waals surface area contributed by atoms with Crippen molar-refractivity contribution in [2.45, 2.75) is 52.8 Å². The van der Waals surface area contributed by atoms with Gasteiger partial charge < -0.3 is 25.6 Å². The molecular weight excluding hydrogens is 469 g/mol. The third kappa shape index (κ3) is 6.79. The molecule has 0 saturated carbocycles. The molecule has 2 aromatic carbocycles. The van der Waals surface area contributed by atoms with E-state index in [2.05, 4.69) is 10.6 Å². The molecule has 1 saturated heterocycles. The Bertz CT molecular complexity index is 1060. The maximum Gasteiger partial charge on any atom is 0.325 e. The molecule has 10 heteroatoms. The van der Waals surface area contributed by atoms with Crippen LogP contribution < -0.4 is 15.4 Å². The van der Waals surface area contributed by atoms with Crippen molar-refractivity contribution >= 4 is 23.5 Å². The molecule has 0 spiro atoms. The van der Waals surface area contributed by atoms with Crippen LogP contribution in [0.25, 0.3) is 0 Å². The van der Waals surface area contributed by atoms with Crippen molar-refractivity contribution in [3.8, 4) is 5.75 Å². The standard InChI is InChI=1S/C24H28FN3O6.C2H6/c1-13(2)21(22(31)26-19-9-4-14(3)10-18(19)25)28-23(32)20(27-24(28)33)15-5-7-17(8-6-15)34-12-16(30)11-29;1-2/h4-10,13,16,20-21,29-30H,11-12H2,1-3H3,(H,26,31)(H,27,33);1-2H3/t16?,20-,21?;/m1./s1. The Balaban J connectivity index is 0.00000222. The number of aliphatic hydroxyl groups is 2. The van der Waals surface area contributed by atoms with Crippen LogP contribution in [0.1, 0.15) is 44.9 Å². The van der Waals surface area contributed by atoms with Gasteiger partial charge in [-0.3, -0.25) is 9.59 Å². The van der Waals surface area contributed by atoms with Crippen molar-refractivity contribution in [2.24, 2.45) is 5.92 Å². The minimum atomic E-state index is -1.15. The molecule has 1 heterocycles. The molecule has 2 aromatic rings. The second-order valence-electron chi connectivity index (χ2n) is 8.47. The van der Waals surface area contributed by atoms with Crippen LogP contribution in [0.5, 0.6) is 5.75 Å². The highest BCUT2D eigenvalue weighted by Gasteiger charge is 2.46. The predicted octanol–water partition coefficient (Wildman–Crippen LogP) is 3.15. The summed E-state index contributed by atoms with van der Waals surface area (Å²) in [6, 6.07) is 7.76. The number of imide groups is 1. The number of ether oxygens (including phenoxy) is 1. The van der Waals surface area contributed by atoms with E-state index in [4.69, 9.17) is 9.84 Å². The summed E-state index contributed by atoms with van der Waals surface area (Å²) in [4.78, 5) is 39.8. The summed E-state index contributed by atoms with van der Waals surface area (Å²) >= 11 is 0. The molecule has 1 fully saturated rings. The number of urea groups is 1. The average Bonchev–Trinajstić information content (AvgIpc) is 3.14. The van der Waals surface area contributed by atoms with E-state index in [0.29, 0.717) is 16.9 Å². The fraction of sp³-hybridized carbons (Fsp3) is 0.423. The molecule has 1 aliphatic heterocycles. The van der Waals surface area contributed by atoms with Gasteiger partial charge in [0.25, 0.3) is 5.91 Å². The van der Waals surface area contributed by atoms with Gasteiger partial charge in [0, 0.05) is 0 Å². The number of nitrogens with zero attached hydrogens (tertiary/aromatic N) is 1. The number of carbonyl (C=O) groups is 3. The van der Waals surface area contributed by atoms with Crippen molar-refractivity contribution in [3.05, 3.63) is 59.4 Å². The molecule has 0 radical (unpaired) electrons. The normalized spacial score (nSPS) is 16.7. The van der Waals surface area contributed by atoms with Gasteiger partial charge >= 0.3 is 6.03 Å². The highest BCUT2D eigenvalue weighted by molar-refractivity contribution is 6.09. The van der Waals surface area contributed by atoms with E-state index >= 15 is 0 Å². The summed E-state index contributed by atoms with van der Waals surface area (Å²) < 4.78 is 19.6. The van der Waals surface area contributed by atoms with Crippen molar-refractivity contribution in [1.29, 1.82) is 0 Å². The van der Waals surface area contributed by atoms with Gasteiger partial charge in [-0.1, -0.05) is 45.9 Å². The summed E-state index contributed by atoms with van der Waals surface area (Å²) in [6.45, 7) is 8.57. The van der Waals surface area contributed by atoms with Crippen molar-refractivity contribution < 1.29 is 33.7 Å². The molecule has 3 rings (SSSR count). The Labute approximate surface area is 210 Å². The van der Waals surface area contributed by atoms with Crippen molar-refractivity contribution in [3.63, 3.8) is 0 Å². The van der Waals surface area contributed by atoms with E-state index < -0.39 is 54.4 Å². The fourth-order valence-electron chi connectivity index (χ4n) is 3.63. The molecule has 1 aliphatic rings. The van der Waals surface area contributed by atoms with Crippen LogP contribution in [-0.4, -0.2) is 58.3 Å². The Kier molecular flexibility index (Phi) is 10.4. The number of anilines is 1. The maximum atomic E-state index is 14.2. The van der Waals surface area contributed by atoms with Crippen LogP contribution in [0, 0.1) is 18.7 Å². The van der Waals surface area contributed by atoms with Gasteiger partial charge in [0.1, 0.15) is 36.4 Å². The van der Waals surface area contributed by atoms with Crippen LogP contribution >= 0.6 is 0 Å². The van der Waals surface area contributed by atoms with Crippen LogP contribution in [0.15, 0.2) is 42.5 Å². The maximum absolute atomic E-state index is 14.2. The first kappa shape index (κ1) is 28.7. The highest BCUT2D eigenvalue weighted by atomic mass is 19.1. The lowest BCUT2D eigenvalue weighted by atomic mass is 10.00. The Morgan fingerprint density at radius 2 is 1.81 bits per heavy atom. The SMILES string of the molecule is CC.Cc1ccc(NC(=O)C(C(C)C)N2C(=O)N[C@H](c3ccc(OCC(O)CO)cc3)C2=O)c(F)c1. The van der Waals surface area contributed by atoms with Crippen molar-refractivity contribution in [2.75, 3.05) is 18.5 Å². The predicted molar refractivity (Wildman–Crippen MR) is 133 cm³/mol. The van der Waals surface area contributed by atoms with E-state index in [9.17, 15) is 23.9 Å². The minimum absolute atomic E-state index is 0.0354. The first-order valence-electron chi connectivity index (χ1n) is 11.8. The quantitative estimate of drug-likeness (QED) is 0.389. The molecular formula is C26H34FN3O6. The zero-order valence-corrected chi connectivity index (χ0v) is 21.1. The molecule has 36 heavy (non-hydrogen) atoms. The molecule has 2 unspecified atom stereocenters. The van der Waals surface area contributed by atoms with Crippen LogP contribution in [0.3, 0.4) is 0 Å². The highest BCUT2D eigenvalue weighted by Crippen LogP contribution is 2.28. The lowest BCUT2D eigenvalue weighted by Crippen LogP contribution is -2.50. The lowest BCUT2D eigenvalue weighted by molar-refractivity contribution is -0.135. The van der Waals surface area contributed by atoms with Crippen molar-refractivity contribution in [1.82, 2.24) is 10.2 Å². The third-order valence-corrected chi connectivity index (χ3v) is 5.40. The van der Waals surface area contributed by atoms with Crippen LogP contribution in [0.2, 0.25) is 0 Å². The van der Waals surface area contributed by atoms with E-state index in [1.807, 2.05) is 13.8 Å². The molecule has 196 valence electrons. The van der Waals surface area contributed by atoms with E-state index in [1.165, 1.54) is 12.1 Å². The number of hydrogen-bond donors (Lipinski definition) is 4. The Morgan fingerprint density at radius 3 is 2.36 bits per heavy atom. The molecule has 4 N–H and O–H groups in total.